The van der Waals surface area contributed by atoms with Crippen molar-refractivity contribution in [1.29, 1.82) is 5.26 Å². The number of ether oxygens (including phenoxy) is 2. The smallest absolute Gasteiger partial charge is 0.349 e. The third-order valence-electron chi connectivity index (χ3n) is 3.63. The second-order valence-corrected chi connectivity index (χ2v) is 6.59. The molecule has 1 N–H and O–H groups in total. The molecule has 7 nitrogen and oxygen atoms in total. The van der Waals surface area contributed by atoms with Crippen LogP contribution in [0.2, 0.25) is 0 Å². The van der Waals surface area contributed by atoms with Crippen LogP contribution in [0.1, 0.15) is 5.56 Å². The number of hydrogen-bond donors (Lipinski definition) is 1. The number of nitrogens with one attached hydrogen (secondary N) is 1. The van der Waals surface area contributed by atoms with Crippen LogP contribution in [0.15, 0.2) is 54.1 Å². The highest BCUT2D eigenvalue weighted by Gasteiger charge is 2.14. The fraction of sp³-hybridized carbons (Fsp3) is 0.100. The van der Waals surface area contributed by atoms with Crippen molar-refractivity contribution in [1.82, 2.24) is 4.98 Å². The summed E-state index contributed by atoms with van der Waals surface area (Å²) in [5, 5.41) is 12.1. The summed E-state index contributed by atoms with van der Waals surface area (Å²) >= 11 is 1.27. The minimum absolute atomic E-state index is 0.189. The monoisotopic (exact) mass is 393 g/mol. The number of benzene rings is 2. The Hall–Kier alpha value is -3.70. The maximum Gasteiger partial charge on any atom is 0.349 e. The van der Waals surface area contributed by atoms with Crippen molar-refractivity contribution in [2.75, 3.05) is 19.0 Å². The number of anilines is 1. The highest BCUT2D eigenvalue weighted by molar-refractivity contribution is 7.22. The van der Waals surface area contributed by atoms with Gasteiger partial charge in [-0.2, -0.15) is 5.26 Å². The van der Waals surface area contributed by atoms with Gasteiger partial charge in [-0.3, -0.25) is 10.1 Å². The molecule has 0 aliphatic carbocycles. The summed E-state index contributed by atoms with van der Waals surface area (Å²) in [5.41, 5.74) is 1.21. The molecule has 28 heavy (non-hydrogen) atoms. The van der Waals surface area contributed by atoms with Gasteiger partial charge in [0.05, 0.1) is 17.3 Å². The Morgan fingerprint density at radius 2 is 2.04 bits per heavy atom. The fourth-order valence-electron chi connectivity index (χ4n) is 2.30. The summed E-state index contributed by atoms with van der Waals surface area (Å²) in [6.07, 6.45) is 1.40. The first-order chi connectivity index (χ1) is 13.6. The predicted octanol–water partition coefficient (Wildman–Crippen LogP) is 3.39. The van der Waals surface area contributed by atoms with Crippen LogP contribution in [-0.4, -0.2) is 30.6 Å². The molecule has 2 aromatic carbocycles. The summed E-state index contributed by atoms with van der Waals surface area (Å²) in [4.78, 5) is 28.4. The molecule has 0 fully saturated rings. The summed E-state index contributed by atoms with van der Waals surface area (Å²) in [6.45, 7) is -0.522. The van der Waals surface area contributed by atoms with Gasteiger partial charge in [-0.15, -0.1) is 0 Å². The number of amides is 1. The van der Waals surface area contributed by atoms with Crippen molar-refractivity contribution in [3.8, 4) is 11.8 Å². The van der Waals surface area contributed by atoms with Crippen molar-refractivity contribution in [2.45, 2.75) is 0 Å². The van der Waals surface area contributed by atoms with Crippen LogP contribution in [0.3, 0.4) is 0 Å². The SMILES string of the molecule is COc1ccc2nc(NC(=O)COC(=O)C(C#N)=Cc3ccccc3)sc2c1. The zero-order valence-corrected chi connectivity index (χ0v) is 15.7. The van der Waals surface area contributed by atoms with Gasteiger partial charge >= 0.3 is 5.97 Å². The second-order valence-electron chi connectivity index (χ2n) is 5.56. The molecule has 0 spiro atoms. The molecule has 1 aromatic heterocycles. The molecule has 1 amide bonds. The number of rotatable bonds is 6. The molecule has 3 rings (SSSR count). The zero-order valence-electron chi connectivity index (χ0n) is 14.8. The number of hydrogen-bond acceptors (Lipinski definition) is 7. The van der Waals surface area contributed by atoms with E-state index in [0.29, 0.717) is 16.4 Å². The maximum atomic E-state index is 12.0. The van der Waals surface area contributed by atoms with E-state index < -0.39 is 18.5 Å². The molecular weight excluding hydrogens is 378 g/mol. The van der Waals surface area contributed by atoms with Gasteiger partial charge < -0.3 is 9.47 Å². The van der Waals surface area contributed by atoms with Crippen LogP contribution in [0, 0.1) is 11.3 Å². The number of nitrogens with zero attached hydrogens (tertiary/aromatic N) is 2. The van der Waals surface area contributed by atoms with Crippen LogP contribution >= 0.6 is 11.3 Å². The van der Waals surface area contributed by atoms with Gasteiger partial charge in [0, 0.05) is 0 Å². The number of esters is 1. The Labute approximate surface area is 164 Å². The minimum Gasteiger partial charge on any atom is -0.497 e. The minimum atomic E-state index is -0.865. The second kappa shape index (κ2) is 8.79. The topological polar surface area (TPSA) is 101 Å². The van der Waals surface area contributed by atoms with Crippen LogP contribution in [-0.2, 0) is 14.3 Å². The van der Waals surface area contributed by atoms with E-state index in [9.17, 15) is 9.59 Å². The van der Waals surface area contributed by atoms with E-state index in [1.165, 1.54) is 17.4 Å². The highest BCUT2D eigenvalue weighted by atomic mass is 32.1. The maximum absolute atomic E-state index is 12.0. The van der Waals surface area contributed by atoms with E-state index in [1.807, 2.05) is 12.1 Å². The number of nitriles is 1. The summed E-state index contributed by atoms with van der Waals surface area (Å²) in [5.74, 6) is -0.718. The van der Waals surface area contributed by atoms with Gasteiger partial charge in [0.25, 0.3) is 5.91 Å². The number of methoxy groups -OCH3 is 1. The van der Waals surface area contributed by atoms with Gasteiger partial charge in [-0.1, -0.05) is 41.7 Å². The first-order valence-corrected chi connectivity index (χ1v) is 8.99. The molecular formula is C20H15N3O4S. The first-order valence-electron chi connectivity index (χ1n) is 8.17. The third-order valence-corrected chi connectivity index (χ3v) is 4.56. The van der Waals surface area contributed by atoms with Gasteiger partial charge in [-0.25, -0.2) is 9.78 Å². The fourth-order valence-corrected chi connectivity index (χ4v) is 3.21. The molecule has 3 aromatic rings. The van der Waals surface area contributed by atoms with Crippen molar-refractivity contribution in [3.63, 3.8) is 0 Å². The van der Waals surface area contributed by atoms with Crippen LogP contribution < -0.4 is 10.1 Å². The molecule has 1 heterocycles. The van der Waals surface area contributed by atoms with E-state index in [0.717, 1.165) is 10.2 Å². The van der Waals surface area contributed by atoms with Gasteiger partial charge in [0.15, 0.2) is 11.7 Å². The Balaban J connectivity index is 1.60. The van der Waals surface area contributed by atoms with Gasteiger partial charge in [0.1, 0.15) is 17.4 Å². The highest BCUT2D eigenvalue weighted by Crippen LogP contribution is 2.29. The van der Waals surface area contributed by atoms with Crippen molar-refractivity contribution < 1.29 is 19.1 Å². The van der Waals surface area contributed by atoms with Crippen LogP contribution in [0.25, 0.3) is 16.3 Å². The Morgan fingerprint density at radius 3 is 2.75 bits per heavy atom. The molecule has 0 saturated carbocycles. The molecule has 0 saturated heterocycles. The Bertz CT molecular complexity index is 1080. The average Bonchev–Trinajstić information content (AvgIpc) is 3.12. The molecule has 0 atom stereocenters. The van der Waals surface area contributed by atoms with Gasteiger partial charge in [0.2, 0.25) is 0 Å². The summed E-state index contributed by atoms with van der Waals surface area (Å²) in [6, 6.07) is 16.1. The lowest BCUT2D eigenvalue weighted by molar-refractivity contribution is -0.142. The summed E-state index contributed by atoms with van der Waals surface area (Å²) < 4.78 is 10.9. The standard InChI is InChI=1S/C20H15N3O4S/c1-26-15-7-8-16-17(10-15)28-20(22-16)23-18(24)12-27-19(25)14(11-21)9-13-5-3-2-4-6-13/h2-10H,12H2,1H3,(H,22,23,24). The van der Waals surface area contributed by atoms with E-state index in [1.54, 1.807) is 49.6 Å². The molecule has 8 heteroatoms. The van der Waals surface area contributed by atoms with Crippen LogP contribution in [0.5, 0.6) is 5.75 Å². The molecule has 0 unspecified atom stereocenters. The van der Waals surface area contributed by atoms with Crippen molar-refractivity contribution in [3.05, 3.63) is 59.7 Å². The largest absolute Gasteiger partial charge is 0.497 e. The zero-order chi connectivity index (χ0) is 19.9. The normalized spacial score (nSPS) is 10.9. The number of carbonyl (C=O) groups is 2. The molecule has 0 radical (unpaired) electrons. The van der Waals surface area contributed by atoms with Gasteiger partial charge in [-0.05, 0) is 29.8 Å². The van der Waals surface area contributed by atoms with E-state index in [2.05, 4.69) is 10.3 Å². The quantitative estimate of drug-likeness (QED) is 0.391. The number of aromatic nitrogens is 1. The number of carbonyl (C=O) groups excluding carboxylic acids is 2. The lowest BCUT2D eigenvalue weighted by Gasteiger charge is -2.04. The molecule has 0 bridgehead atoms. The first kappa shape index (κ1) is 19.1. The lowest BCUT2D eigenvalue weighted by atomic mass is 10.1. The van der Waals surface area contributed by atoms with E-state index in [-0.39, 0.29) is 5.57 Å². The molecule has 140 valence electrons. The molecule has 0 aliphatic heterocycles. The molecule has 0 aliphatic rings. The van der Waals surface area contributed by atoms with Crippen molar-refractivity contribution in [2.24, 2.45) is 0 Å². The average molecular weight is 393 g/mol. The van der Waals surface area contributed by atoms with E-state index >= 15 is 0 Å². The van der Waals surface area contributed by atoms with E-state index in [4.69, 9.17) is 14.7 Å². The predicted molar refractivity (Wildman–Crippen MR) is 106 cm³/mol. The Kier molecular flexibility index (Phi) is 5.99. The number of fused-ring (bicyclic) bond motifs is 1. The Morgan fingerprint density at radius 1 is 1.25 bits per heavy atom. The number of thiazole rings is 1. The summed E-state index contributed by atoms with van der Waals surface area (Å²) in [7, 11) is 1.57. The lowest BCUT2D eigenvalue weighted by Crippen LogP contribution is -2.21. The van der Waals surface area contributed by atoms with Crippen LogP contribution in [0.4, 0.5) is 5.13 Å². The van der Waals surface area contributed by atoms with Crippen molar-refractivity contribution >= 4 is 44.6 Å². The third kappa shape index (κ3) is 4.72.